The average Bonchev–Trinajstić information content (AvgIpc) is 2.63. The van der Waals surface area contributed by atoms with Crippen LogP contribution in [0.15, 0.2) is 42.5 Å². The highest BCUT2D eigenvalue weighted by atomic mass is 16.5. The molecule has 0 spiro atoms. The third-order valence-electron chi connectivity index (χ3n) is 4.43. The SMILES string of the molecule is COCCNC(=O)c1cccc(NC(=O)c2ccc(C(C)(C)C)cc2)c1C. The molecule has 0 radical (unpaired) electrons. The molecule has 0 fully saturated rings. The summed E-state index contributed by atoms with van der Waals surface area (Å²) in [5.74, 6) is -0.384. The number of ether oxygens (including phenoxy) is 1. The summed E-state index contributed by atoms with van der Waals surface area (Å²) in [5, 5.41) is 5.70. The highest BCUT2D eigenvalue weighted by molar-refractivity contribution is 6.06. The second-order valence-electron chi connectivity index (χ2n) is 7.51. The van der Waals surface area contributed by atoms with Crippen molar-refractivity contribution in [2.45, 2.75) is 33.1 Å². The van der Waals surface area contributed by atoms with Gasteiger partial charge in [-0.2, -0.15) is 0 Å². The summed E-state index contributed by atoms with van der Waals surface area (Å²) in [6, 6.07) is 12.9. The molecule has 0 saturated carbocycles. The highest BCUT2D eigenvalue weighted by Gasteiger charge is 2.16. The molecule has 2 amide bonds. The molecule has 0 atom stereocenters. The van der Waals surface area contributed by atoms with Crippen molar-refractivity contribution in [2.24, 2.45) is 0 Å². The molecular weight excluding hydrogens is 340 g/mol. The average molecular weight is 368 g/mol. The zero-order valence-corrected chi connectivity index (χ0v) is 16.7. The van der Waals surface area contributed by atoms with Crippen LogP contribution in [0.4, 0.5) is 5.69 Å². The predicted octanol–water partition coefficient (Wildman–Crippen LogP) is 3.92. The number of carbonyl (C=O) groups is 2. The Balaban J connectivity index is 2.14. The topological polar surface area (TPSA) is 67.4 Å². The van der Waals surface area contributed by atoms with Crippen LogP contribution in [0, 0.1) is 6.92 Å². The number of carbonyl (C=O) groups excluding carboxylic acids is 2. The van der Waals surface area contributed by atoms with Gasteiger partial charge in [0.15, 0.2) is 0 Å². The molecule has 2 N–H and O–H groups in total. The van der Waals surface area contributed by atoms with Gasteiger partial charge in [-0.05, 0) is 47.7 Å². The second kappa shape index (κ2) is 8.82. The molecule has 2 rings (SSSR count). The maximum Gasteiger partial charge on any atom is 0.255 e. The number of hydrogen-bond acceptors (Lipinski definition) is 3. The van der Waals surface area contributed by atoms with Crippen molar-refractivity contribution in [1.82, 2.24) is 5.32 Å². The molecule has 0 saturated heterocycles. The van der Waals surface area contributed by atoms with Gasteiger partial charge in [0.05, 0.1) is 6.61 Å². The summed E-state index contributed by atoms with van der Waals surface area (Å²) in [6.45, 7) is 9.11. The molecule has 2 aromatic rings. The molecule has 5 nitrogen and oxygen atoms in total. The first-order valence-corrected chi connectivity index (χ1v) is 9.02. The maximum absolute atomic E-state index is 12.6. The number of amides is 2. The summed E-state index contributed by atoms with van der Waals surface area (Å²) < 4.78 is 4.94. The van der Waals surface area contributed by atoms with Gasteiger partial charge in [-0.15, -0.1) is 0 Å². The lowest BCUT2D eigenvalue weighted by Gasteiger charge is -2.19. The molecule has 2 aromatic carbocycles. The number of nitrogens with one attached hydrogen (secondary N) is 2. The van der Waals surface area contributed by atoms with Crippen molar-refractivity contribution in [3.8, 4) is 0 Å². The van der Waals surface area contributed by atoms with Gasteiger partial charge in [-0.1, -0.05) is 39.0 Å². The van der Waals surface area contributed by atoms with Crippen molar-refractivity contribution in [3.05, 3.63) is 64.7 Å². The Morgan fingerprint density at radius 3 is 2.26 bits per heavy atom. The largest absolute Gasteiger partial charge is 0.383 e. The van der Waals surface area contributed by atoms with Crippen LogP contribution in [0.25, 0.3) is 0 Å². The summed E-state index contributed by atoms with van der Waals surface area (Å²) in [5.41, 5.74) is 3.68. The van der Waals surface area contributed by atoms with Crippen molar-refractivity contribution in [3.63, 3.8) is 0 Å². The van der Waals surface area contributed by atoms with Gasteiger partial charge in [0.1, 0.15) is 0 Å². The van der Waals surface area contributed by atoms with E-state index in [1.54, 1.807) is 25.3 Å². The Morgan fingerprint density at radius 2 is 1.67 bits per heavy atom. The standard InChI is InChI=1S/C22H28N2O3/c1-15-18(21(26)23-13-14-27-5)7-6-8-19(15)24-20(25)16-9-11-17(12-10-16)22(2,3)4/h6-12H,13-14H2,1-5H3,(H,23,26)(H,24,25). The first-order valence-electron chi connectivity index (χ1n) is 9.02. The van der Waals surface area contributed by atoms with E-state index in [0.29, 0.717) is 30.0 Å². The molecular formula is C22H28N2O3. The van der Waals surface area contributed by atoms with Gasteiger partial charge < -0.3 is 15.4 Å². The molecule has 0 aromatic heterocycles. The molecule has 0 unspecified atom stereocenters. The molecule has 0 bridgehead atoms. The second-order valence-corrected chi connectivity index (χ2v) is 7.51. The molecule has 0 aliphatic carbocycles. The van der Waals surface area contributed by atoms with Crippen LogP contribution in [0.2, 0.25) is 0 Å². The van der Waals surface area contributed by atoms with Crippen molar-refractivity contribution >= 4 is 17.5 Å². The van der Waals surface area contributed by atoms with E-state index in [1.165, 1.54) is 5.56 Å². The fourth-order valence-corrected chi connectivity index (χ4v) is 2.69. The Bertz CT molecular complexity index is 805. The van der Waals surface area contributed by atoms with Crippen LogP contribution >= 0.6 is 0 Å². The summed E-state index contributed by atoms with van der Waals surface area (Å²) >= 11 is 0. The van der Waals surface area contributed by atoms with E-state index >= 15 is 0 Å². The normalized spacial score (nSPS) is 11.1. The van der Waals surface area contributed by atoms with Gasteiger partial charge in [-0.25, -0.2) is 0 Å². The lowest BCUT2D eigenvalue weighted by molar-refractivity contribution is 0.0935. The highest BCUT2D eigenvalue weighted by Crippen LogP contribution is 2.23. The van der Waals surface area contributed by atoms with E-state index in [9.17, 15) is 9.59 Å². The molecule has 5 heteroatoms. The van der Waals surface area contributed by atoms with Crippen molar-refractivity contribution in [1.29, 1.82) is 0 Å². The first kappa shape index (κ1) is 20.6. The van der Waals surface area contributed by atoms with Crippen molar-refractivity contribution in [2.75, 3.05) is 25.6 Å². The number of anilines is 1. The fraction of sp³-hybridized carbons (Fsp3) is 0.364. The number of hydrogen-bond donors (Lipinski definition) is 2. The predicted molar refractivity (Wildman–Crippen MR) is 108 cm³/mol. The van der Waals surface area contributed by atoms with Crippen LogP contribution in [0.3, 0.4) is 0 Å². The van der Waals surface area contributed by atoms with Crippen LogP contribution in [0.5, 0.6) is 0 Å². The summed E-state index contributed by atoms with van der Waals surface area (Å²) in [7, 11) is 1.58. The molecule has 27 heavy (non-hydrogen) atoms. The van der Waals surface area contributed by atoms with E-state index in [2.05, 4.69) is 31.4 Å². The Morgan fingerprint density at radius 1 is 1.00 bits per heavy atom. The minimum absolute atomic E-state index is 0.0378. The van der Waals surface area contributed by atoms with Crippen LogP contribution in [-0.4, -0.2) is 32.1 Å². The summed E-state index contributed by atoms with van der Waals surface area (Å²) in [6.07, 6.45) is 0. The van der Waals surface area contributed by atoms with Gasteiger partial charge in [0.25, 0.3) is 11.8 Å². The van der Waals surface area contributed by atoms with Crippen LogP contribution in [-0.2, 0) is 10.2 Å². The van der Waals surface area contributed by atoms with E-state index in [-0.39, 0.29) is 17.2 Å². The number of benzene rings is 2. The Labute approximate surface area is 161 Å². The van der Waals surface area contributed by atoms with E-state index < -0.39 is 0 Å². The van der Waals surface area contributed by atoms with Crippen molar-refractivity contribution < 1.29 is 14.3 Å². The first-order chi connectivity index (χ1) is 12.7. The molecule has 144 valence electrons. The third kappa shape index (κ3) is 5.41. The Kier molecular flexibility index (Phi) is 6.75. The zero-order chi connectivity index (χ0) is 20.0. The van der Waals surface area contributed by atoms with E-state index in [1.807, 2.05) is 31.2 Å². The van der Waals surface area contributed by atoms with Gasteiger partial charge in [0, 0.05) is 30.5 Å². The van der Waals surface area contributed by atoms with Gasteiger partial charge in [-0.3, -0.25) is 9.59 Å². The molecule has 0 aliphatic heterocycles. The lowest BCUT2D eigenvalue weighted by Crippen LogP contribution is -2.27. The fourth-order valence-electron chi connectivity index (χ4n) is 2.69. The lowest BCUT2D eigenvalue weighted by atomic mass is 9.86. The monoisotopic (exact) mass is 368 g/mol. The summed E-state index contributed by atoms with van der Waals surface area (Å²) in [4.78, 5) is 24.9. The van der Waals surface area contributed by atoms with Gasteiger partial charge in [0.2, 0.25) is 0 Å². The van der Waals surface area contributed by atoms with E-state index in [0.717, 1.165) is 5.56 Å². The number of rotatable bonds is 6. The number of methoxy groups -OCH3 is 1. The minimum atomic E-state index is -0.199. The van der Waals surface area contributed by atoms with Crippen LogP contribution in [0.1, 0.15) is 52.6 Å². The Hall–Kier alpha value is -2.66. The maximum atomic E-state index is 12.6. The van der Waals surface area contributed by atoms with Gasteiger partial charge >= 0.3 is 0 Å². The van der Waals surface area contributed by atoms with Crippen LogP contribution < -0.4 is 10.6 Å². The zero-order valence-electron chi connectivity index (χ0n) is 16.7. The smallest absolute Gasteiger partial charge is 0.255 e. The third-order valence-corrected chi connectivity index (χ3v) is 4.43. The van der Waals surface area contributed by atoms with E-state index in [4.69, 9.17) is 4.74 Å². The molecule has 0 heterocycles. The quantitative estimate of drug-likeness (QED) is 0.760. The minimum Gasteiger partial charge on any atom is -0.383 e. The molecule has 0 aliphatic rings.